The van der Waals surface area contributed by atoms with Gasteiger partial charge in [0.2, 0.25) is 0 Å². The molecule has 0 radical (unpaired) electrons. The van der Waals surface area contributed by atoms with Gasteiger partial charge >= 0.3 is 6.18 Å². The van der Waals surface area contributed by atoms with Crippen molar-refractivity contribution in [1.82, 2.24) is 0 Å². The maximum Gasteiger partial charge on any atom is 0.416 e. The molecule has 0 unspecified atom stereocenters. The van der Waals surface area contributed by atoms with Crippen molar-refractivity contribution in [1.29, 1.82) is 0 Å². The lowest BCUT2D eigenvalue weighted by molar-refractivity contribution is -0.137. The minimum Gasteiger partial charge on any atom is -0.496 e. The van der Waals surface area contributed by atoms with E-state index in [-0.39, 0.29) is 0 Å². The van der Waals surface area contributed by atoms with E-state index in [1.54, 1.807) is 12.1 Å². The molecule has 22 heavy (non-hydrogen) atoms. The molecule has 1 nitrogen and oxygen atoms in total. The van der Waals surface area contributed by atoms with Crippen LogP contribution in [-0.2, 0) is 12.6 Å². The lowest BCUT2D eigenvalue weighted by Gasteiger charge is -2.15. The molecule has 0 fully saturated rings. The number of aryl methyl sites for hydroxylation is 1. The third-order valence-electron chi connectivity index (χ3n) is 3.61. The molecule has 0 atom stereocenters. The molecule has 0 aliphatic rings. The van der Waals surface area contributed by atoms with E-state index in [2.05, 4.69) is 6.92 Å². The van der Waals surface area contributed by atoms with Crippen LogP contribution in [0.25, 0.3) is 11.1 Å². The van der Waals surface area contributed by atoms with E-state index in [1.807, 2.05) is 12.1 Å². The zero-order valence-corrected chi connectivity index (χ0v) is 12.7. The van der Waals surface area contributed by atoms with Gasteiger partial charge in [-0.2, -0.15) is 13.2 Å². The molecule has 0 aliphatic carbocycles. The van der Waals surface area contributed by atoms with Crippen LogP contribution in [0.15, 0.2) is 42.5 Å². The summed E-state index contributed by atoms with van der Waals surface area (Å²) in [6.45, 7) is 2.09. The third-order valence-corrected chi connectivity index (χ3v) is 3.61. The van der Waals surface area contributed by atoms with Gasteiger partial charge in [-0.25, -0.2) is 0 Å². The van der Waals surface area contributed by atoms with E-state index in [9.17, 15) is 13.2 Å². The number of alkyl halides is 3. The first kappa shape index (κ1) is 16.4. The molecule has 0 N–H and O–H groups in total. The number of ether oxygens (including phenoxy) is 1. The van der Waals surface area contributed by atoms with Crippen molar-refractivity contribution in [2.75, 3.05) is 7.11 Å². The lowest BCUT2D eigenvalue weighted by atomic mass is 9.94. The average Bonchev–Trinajstić information content (AvgIpc) is 2.51. The normalized spacial score (nSPS) is 11.5. The fourth-order valence-electron chi connectivity index (χ4n) is 2.50. The Morgan fingerprint density at radius 3 is 2.41 bits per heavy atom. The second-order valence-electron chi connectivity index (χ2n) is 5.18. The summed E-state index contributed by atoms with van der Waals surface area (Å²) in [7, 11) is 1.54. The van der Waals surface area contributed by atoms with Gasteiger partial charge in [0, 0.05) is 5.56 Å². The summed E-state index contributed by atoms with van der Waals surface area (Å²) in [6, 6.07) is 11.0. The Hall–Kier alpha value is -1.97. The maximum atomic E-state index is 12.9. The SMILES string of the molecule is CCCCc1cccc(OC)c1-c1cccc(C(F)(F)F)c1. The molecule has 0 spiro atoms. The Bertz CT molecular complexity index is 632. The average molecular weight is 308 g/mol. The number of methoxy groups -OCH3 is 1. The first-order valence-electron chi connectivity index (χ1n) is 7.31. The van der Waals surface area contributed by atoms with E-state index in [0.29, 0.717) is 11.3 Å². The van der Waals surface area contributed by atoms with E-state index >= 15 is 0 Å². The minimum absolute atomic E-state index is 0.540. The van der Waals surface area contributed by atoms with Crippen molar-refractivity contribution < 1.29 is 17.9 Å². The van der Waals surface area contributed by atoms with Crippen molar-refractivity contribution >= 4 is 0 Å². The van der Waals surface area contributed by atoms with Crippen LogP contribution >= 0.6 is 0 Å². The van der Waals surface area contributed by atoms with E-state index in [0.717, 1.165) is 36.5 Å². The molecule has 4 heteroatoms. The van der Waals surface area contributed by atoms with E-state index in [1.165, 1.54) is 19.2 Å². The highest BCUT2D eigenvalue weighted by atomic mass is 19.4. The van der Waals surface area contributed by atoms with Crippen molar-refractivity contribution in [2.45, 2.75) is 32.4 Å². The Labute approximate surface area is 128 Å². The number of hydrogen-bond donors (Lipinski definition) is 0. The predicted molar refractivity (Wildman–Crippen MR) is 82.0 cm³/mol. The van der Waals surface area contributed by atoms with Gasteiger partial charge in [-0.1, -0.05) is 37.6 Å². The highest BCUT2D eigenvalue weighted by molar-refractivity contribution is 5.74. The molecular weight excluding hydrogens is 289 g/mol. The van der Waals surface area contributed by atoms with Gasteiger partial charge in [0.1, 0.15) is 5.75 Å². The zero-order chi connectivity index (χ0) is 16.2. The topological polar surface area (TPSA) is 9.23 Å². The molecule has 0 saturated heterocycles. The summed E-state index contributed by atoms with van der Waals surface area (Å²) >= 11 is 0. The number of hydrogen-bond acceptors (Lipinski definition) is 1. The second kappa shape index (κ2) is 6.86. The van der Waals surface area contributed by atoms with E-state index < -0.39 is 11.7 Å². The van der Waals surface area contributed by atoms with Gasteiger partial charge in [0.15, 0.2) is 0 Å². The van der Waals surface area contributed by atoms with Crippen LogP contribution < -0.4 is 4.74 Å². The third kappa shape index (κ3) is 3.62. The Kier molecular flexibility index (Phi) is 5.11. The predicted octanol–water partition coefficient (Wildman–Crippen LogP) is 5.72. The summed E-state index contributed by atoms with van der Waals surface area (Å²) in [5.41, 5.74) is 1.67. The molecule has 0 aromatic heterocycles. The molecule has 0 amide bonds. The van der Waals surface area contributed by atoms with Crippen LogP contribution in [0.5, 0.6) is 5.75 Å². The summed E-state index contributed by atoms with van der Waals surface area (Å²) in [5.74, 6) is 0.605. The molecular formula is C18H19F3O. The molecule has 118 valence electrons. The Balaban J connectivity index is 2.55. The highest BCUT2D eigenvalue weighted by Gasteiger charge is 2.30. The summed E-state index contributed by atoms with van der Waals surface area (Å²) < 4.78 is 44.2. The number of unbranched alkanes of at least 4 members (excludes halogenated alkanes) is 1. The van der Waals surface area contributed by atoms with Gasteiger partial charge in [-0.3, -0.25) is 0 Å². The van der Waals surface area contributed by atoms with Crippen LogP contribution in [0, 0.1) is 0 Å². The fraction of sp³-hybridized carbons (Fsp3) is 0.333. The first-order chi connectivity index (χ1) is 10.5. The fourth-order valence-corrected chi connectivity index (χ4v) is 2.50. The van der Waals surface area contributed by atoms with E-state index in [4.69, 9.17) is 4.74 Å². The monoisotopic (exact) mass is 308 g/mol. The molecule has 0 bridgehead atoms. The van der Waals surface area contributed by atoms with Gasteiger partial charge in [-0.05, 0) is 42.2 Å². The number of benzene rings is 2. The van der Waals surface area contributed by atoms with Crippen LogP contribution in [0.1, 0.15) is 30.9 Å². The van der Waals surface area contributed by atoms with Gasteiger partial charge in [-0.15, -0.1) is 0 Å². The minimum atomic E-state index is -4.35. The molecule has 2 aromatic carbocycles. The van der Waals surface area contributed by atoms with Crippen LogP contribution in [0.2, 0.25) is 0 Å². The first-order valence-corrected chi connectivity index (χ1v) is 7.31. The maximum absolute atomic E-state index is 12.9. The van der Waals surface area contributed by atoms with Crippen LogP contribution in [0.4, 0.5) is 13.2 Å². The Morgan fingerprint density at radius 2 is 1.77 bits per heavy atom. The van der Waals surface area contributed by atoms with Gasteiger partial charge in [0.05, 0.1) is 12.7 Å². The molecule has 0 aliphatic heterocycles. The summed E-state index contributed by atoms with van der Waals surface area (Å²) in [5, 5.41) is 0. The van der Waals surface area contributed by atoms with Crippen molar-refractivity contribution in [3.05, 3.63) is 53.6 Å². The smallest absolute Gasteiger partial charge is 0.416 e. The van der Waals surface area contributed by atoms with Crippen LogP contribution in [0.3, 0.4) is 0 Å². The molecule has 2 rings (SSSR count). The van der Waals surface area contributed by atoms with Crippen LogP contribution in [-0.4, -0.2) is 7.11 Å². The number of halogens is 3. The second-order valence-corrected chi connectivity index (χ2v) is 5.18. The molecule has 2 aromatic rings. The zero-order valence-electron chi connectivity index (χ0n) is 12.7. The largest absolute Gasteiger partial charge is 0.496 e. The Morgan fingerprint density at radius 1 is 1.05 bits per heavy atom. The summed E-state index contributed by atoms with van der Waals surface area (Å²) in [6.07, 6.45) is -1.51. The summed E-state index contributed by atoms with van der Waals surface area (Å²) in [4.78, 5) is 0. The van der Waals surface area contributed by atoms with Gasteiger partial charge < -0.3 is 4.74 Å². The standard InChI is InChI=1S/C18H19F3O/c1-3-4-7-13-8-6-11-16(22-2)17(13)14-9-5-10-15(12-14)18(19,20)21/h5-6,8-12H,3-4,7H2,1-2H3. The van der Waals surface area contributed by atoms with Crippen molar-refractivity contribution in [3.8, 4) is 16.9 Å². The lowest BCUT2D eigenvalue weighted by Crippen LogP contribution is -2.05. The van der Waals surface area contributed by atoms with Crippen molar-refractivity contribution in [3.63, 3.8) is 0 Å². The van der Waals surface area contributed by atoms with Gasteiger partial charge in [0.25, 0.3) is 0 Å². The highest BCUT2D eigenvalue weighted by Crippen LogP contribution is 2.37. The quantitative estimate of drug-likeness (QED) is 0.686. The molecule has 0 saturated carbocycles. The number of rotatable bonds is 5. The molecule has 0 heterocycles. The van der Waals surface area contributed by atoms with Crippen molar-refractivity contribution in [2.24, 2.45) is 0 Å².